The highest BCUT2D eigenvalue weighted by molar-refractivity contribution is 6.31. The van der Waals surface area contributed by atoms with E-state index in [4.69, 9.17) is 11.6 Å². The van der Waals surface area contributed by atoms with Crippen LogP contribution in [0.2, 0.25) is 5.02 Å². The lowest BCUT2D eigenvalue weighted by atomic mass is 10.00. The van der Waals surface area contributed by atoms with Gasteiger partial charge in [-0.1, -0.05) is 31.5 Å². The first-order valence-corrected chi connectivity index (χ1v) is 10.00. The zero-order valence-corrected chi connectivity index (χ0v) is 17.9. The van der Waals surface area contributed by atoms with Gasteiger partial charge in [0.25, 0.3) is 5.56 Å². The fraction of sp³-hybridized carbons (Fsp3) is 0.273. The topological polar surface area (TPSA) is 65.2 Å². The highest BCUT2D eigenvalue weighted by Gasteiger charge is 2.26. The number of nitrogens with one attached hydrogen (secondary N) is 2. The van der Waals surface area contributed by atoms with Crippen molar-refractivity contribution < 1.29 is 18.0 Å². The number of amides is 2. The summed E-state index contributed by atoms with van der Waals surface area (Å²) in [4.78, 5) is 29.1. The molecule has 1 unspecified atom stereocenters. The predicted octanol–water partition coefficient (Wildman–Crippen LogP) is 5.85. The third kappa shape index (κ3) is 4.69. The van der Waals surface area contributed by atoms with Crippen LogP contribution < -0.4 is 10.9 Å². The molecule has 1 heterocycles. The van der Waals surface area contributed by atoms with Crippen LogP contribution in [0.15, 0.2) is 41.3 Å². The van der Waals surface area contributed by atoms with Crippen molar-refractivity contribution in [1.29, 1.82) is 0 Å². The van der Waals surface area contributed by atoms with Gasteiger partial charge in [0.2, 0.25) is 0 Å². The molecule has 31 heavy (non-hydrogen) atoms. The van der Waals surface area contributed by atoms with E-state index in [-0.39, 0.29) is 16.3 Å². The van der Waals surface area contributed by atoms with Gasteiger partial charge in [-0.25, -0.2) is 18.0 Å². The number of halogens is 4. The summed E-state index contributed by atoms with van der Waals surface area (Å²) in [6.07, 6.45) is 1.39. The molecular formula is C22H21ClF3N3O2. The van der Waals surface area contributed by atoms with E-state index in [0.717, 1.165) is 12.1 Å². The second-order valence-electron chi connectivity index (χ2n) is 7.64. The minimum Gasteiger partial charge on any atom is -0.328 e. The second kappa shape index (κ2) is 9.01. The van der Waals surface area contributed by atoms with E-state index in [9.17, 15) is 22.8 Å². The van der Waals surface area contributed by atoms with Crippen molar-refractivity contribution in [2.75, 3.05) is 11.9 Å². The maximum atomic E-state index is 14.3. The average molecular weight is 452 g/mol. The molecule has 9 heteroatoms. The quantitative estimate of drug-likeness (QED) is 0.511. The van der Waals surface area contributed by atoms with Crippen molar-refractivity contribution >= 4 is 34.1 Å². The summed E-state index contributed by atoms with van der Waals surface area (Å²) in [6, 6.07) is 4.97. The van der Waals surface area contributed by atoms with Crippen LogP contribution in [0, 0.1) is 23.4 Å². The number of fused-ring (bicyclic) bond motifs is 1. The Balaban J connectivity index is 2.02. The van der Waals surface area contributed by atoms with Crippen LogP contribution in [0.1, 0.15) is 32.4 Å². The zero-order valence-electron chi connectivity index (χ0n) is 17.1. The fourth-order valence-corrected chi connectivity index (χ4v) is 3.58. The molecule has 0 spiro atoms. The number of rotatable bonds is 5. The van der Waals surface area contributed by atoms with Gasteiger partial charge in [-0.3, -0.25) is 4.79 Å². The number of anilines is 1. The lowest BCUT2D eigenvalue weighted by Crippen LogP contribution is -2.39. The summed E-state index contributed by atoms with van der Waals surface area (Å²) in [5.74, 6) is -2.91. The van der Waals surface area contributed by atoms with Gasteiger partial charge >= 0.3 is 6.03 Å². The molecule has 3 rings (SSSR count). The molecule has 164 valence electrons. The minimum atomic E-state index is -1.24. The summed E-state index contributed by atoms with van der Waals surface area (Å²) in [6.45, 7) is 5.88. The van der Waals surface area contributed by atoms with Crippen LogP contribution in [0.25, 0.3) is 10.8 Å². The van der Waals surface area contributed by atoms with Crippen molar-refractivity contribution in [2.24, 2.45) is 5.92 Å². The van der Waals surface area contributed by atoms with E-state index in [1.165, 1.54) is 29.3 Å². The Kier molecular flexibility index (Phi) is 6.59. The maximum absolute atomic E-state index is 14.3. The number of carbonyl (C=O) groups excluding carboxylic acids is 1. The summed E-state index contributed by atoms with van der Waals surface area (Å²) in [5.41, 5.74) is -0.0120. The second-order valence-corrected chi connectivity index (χ2v) is 8.05. The smallest absolute Gasteiger partial charge is 0.322 e. The Morgan fingerprint density at radius 2 is 1.81 bits per heavy atom. The van der Waals surface area contributed by atoms with Crippen LogP contribution in [0.4, 0.5) is 23.7 Å². The predicted molar refractivity (Wildman–Crippen MR) is 115 cm³/mol. The van der Waals surface area contributed by atoms with Gasteiger partial charge in [0.05, 0.1) is 16.5 Å². The van der Waals surface area contributed by atoms with Crippen molar-refractivity contribution in [3.8, 4) is 0 Å². The largest absolute Gasteiger partial charge is 0.328 e. The van der Waals surface area contributed by atoms with Crippen molar-refractivity contribution in [3.63, 3.8) is 0 Å². The van der Waals surface area contributed by atoms with Gasteiger partial charge in [0.15, 0.2) is 11.6 Å². The molecule has 2 aromatic carbocycles. The first-order valence-electron chi connectivity index (χ1n) is 9.62. The first kappa shape index (κ1) is 22.7. The first-order chi connectivity index (χ1) is 14.6. The molecule has 0 aliphatic rings. The number of H-pyrrole nitrogens is 1. The zero-order chi connectivity index (χ0) is 22.9. The molecule has 0 bridgehead atoms. The van der Waals surface area contributed by atoms with Gasteiger partial charge in [-0.05, 0) is 48.1 Å². The monoisotopic (exact) mass is 451 g/mol. The molecule has 0 aliphatic heterocycles. The molecule has 1 aromatic heterocycles. The van der Waals surface area contributed by atoms with Crippen molar-refractivity contribution in [3.05, 3.63) is 74.9 Å². The lowest BCUT2D eigenvalue weighted by molar-refractivity contribution is 0.184. The Labute approximate surface area is 181 Å². The van der Waals surface area contributed by atoms with Crippen LogP contribution >= 0.6 is 11.6 Å². The van der Waals surface area contributed by atoms with E-state index in [2.05, 4.69) is 10.3 Å². The molecule has 2 amide bonds. The molecule has 0 radical (unpaired) electrons. The molecule has 1 atom stereocenters. The number of hydrogen-bond acceptors (Lipinski definition) is 2. The van der Waals surface area contributed by atoms with Crippen LogP contribution in [0.5, 0.6) is 0 Å². The molecule has 5 nitrogen and oxygen atoms in total. The maximum Gasteiger partial charge on any atom is 0.322 e. The molecule has 0 fully saturated rings. The van der Waals surface area contributed by atoms with E-state index in [1.54, 1.807) is 6.92 Å². The molecule has 0 saturated carbocycles. The standard InChI is InChI=1S/C22H21ClF3N3O2/c1-11(2)10-29(22(31)28-13-4-6-17(24)16(23)8-13)12(3)15-9-27-21(30)19-14(15)5-7-18(25)20(19)26/h4-9,11-12H,10H2,1-3H3,(H,27,30)(H,28,31). The summed E-state index contributed by atoms with van der Waals surface area (Å²) in [5, 5.41) is 2.35. The summed E-state index contributed by atoms with van der Waals surface area (Å²) < 4.78 is 41.4. The van der Waals surface area contributed by atoms with Gasteiger partial charge < -0.3 is 15.2 Å². The number of benzene rings is 2. The van der Waals surface area contributed by atoms with E-state index in [1.807, 2.05) is 13.8 Å². The van der Waals surface area contributed by atoms with E-state index >= 15 is 0 Å². The van der Waals surface area contributed by atoms with Crippen LogP contribution in [0.3, 0.4) is 0 Å². The third-order valence-corrected chi connectivity index (χ3v) is 5.19. The Bertz CT molecular complexity index is 1200. The van der Waals surface area contributed by atoms with Crippen molar-refractivity contribution in [2.45, 2.75) is 26.8 Å². The molecule has 0 aliphatic carbocycles. The number of aromatic amines is 1. The van der Waals surface area contributed by atoms with Gasteiger partial charge in [-0.15, -0.1) is 0 Å². The normalized spacial score (nSPS) is 12.3. The molecule has 3 aromatic rings. The van der Waals surface area contributed by atoms with Gasteiger partial charge in [0.1, 0.15) is 5.82 Å². The Morgan fingerprint density at radius 1 is 1.13 bits per heavy atom. The fourth-order valence-electron chi connectivity index (χ4n) is 3.40. The Hall–Kier alpha value is -3.00. The number of hydrogen-bond donors (Lipinski definition) is 2. The molecule has 2 N–H and O–H groups in total. The highest BCUT2D eigenvalue weighted by Crippen LogP contribution is 2.29. The SMILES string of the molecule is CC(C)CN(C(=O)Nc1ccc(F)c(Cl)c1)C(C)c1c[nH]c(=O)c2c(F)c(F)ccc12. The minimum absolute atomic E-state index is 0.0770. The molecule has 0 saturated heterocycles. The van der Waals surface area contributed by atoms with Crippen LogP contribution in [-0.4, -0.2) is 22.5 Å². The van der Waals surface area contributed by atoms with E-state index < -0.39 is 40.5 Å². The Morgan fingerprint density at radius 3 is 2.45 bits per heavy atom. The lowest BCUT2D eigenvalue weighted by Gasteiger charge is -2.31. The number of urea groups is 1. The summed E-state index contributed by atoms with van der Waals surface area (Å²) >= 11 is 5.79. The number of carbonyl (C=O) groups is 1. The van der Waals surface area contributed by atoms with E-state index in [0.29, 0.717) is 17.8 Å². The van der Waals surface area contributed by atoms with Gasteiger partial charge in [0, 0.05) is 18.4 Å². The van der Waals surface area contributed by atoms with Crippen molar-refractivity contribution in [1.82, 2.24) is 9.88 Å². The van der Waals surface area contributed by atoms with Gasteiger partial charge in [-0.2, -0.15) is 0 Å². The number of nitrogens with zero attached hydrogens (tertiary/aromatic N) is 1. The average Bonchev–Trinajstić information content (AvgIpc) is 2.71. The number of pyridine rings is 1. The summed E-state index contributed by atoms with van der Waals surface area (Å²) in [7, 11) is 0. The number of aromatic nitrogens is 1. The third-order valence-electron chi connectivity index (χ3n) is 4.90. The molecular weight excluding hydrogens is 431 g/mol. The highest BCUT2D eigenvalue weighted by atomic mass is 35.5. The van der Waals surface area contributed by atoms with Crippen LogP contribution in [-0.2, 0) is 0 Å².